The van der Waals surface area contributed by atoms with E-state index in [2.05, 4.69) is 0 Å². The lowest BCUT2D eigenvalue weighted by molar-refractivity contribution is -0.137. The van der Waals surface area contributed by atoms with Gasteiger partial charge in [0.2, 0.25) is 10.0 Å². The number of sulfonamides is 1. The predicted molar refractivity (Wildman–Crippen MR) is 90.2 cm³/mol. The van der Waals surface area contributed by atoms with Crippen LogP contribution in [0.15, 0.2) is 59.5 Å². The standard InChI is InChI=1S/C18H19NO4S/c1-13-7-10-15(11-8-13)24(22,23)19-16(17(19)18(20)21)12-9-14-5-3-2-4-6-14/h2-8,10-11,16-17H,9,12H2,1H3,(H,20,21)/t16?,17-,19?/m0/s1. The minimum atomic E-state index is -3.78. The molecule has 6 heteroatoms. The molecule has 2 aromatic rings. The highest BCUT2D eigenvalue weighted by atomic mass is 32.2. The number of rotatable bonds is 6. The molecule has 0 aromatic heterocycles. The smallest absolute Gasteiger partial charge is 0.323 e. The van der Waals surface area contributed by atoms with Crippen LogP contribution in [0.25, 0.3) is 0 Å². The second-order valence-corrected chi connectivity index (χ2v) is 7.87. The molecule has 0 spiro atoms. The second-order valence-electron chi connectivity index (χ2n) is 6.02. The molecule has 1 heterocycles. The highest BCUT2D eigenvalue weighted by Gasteiger charge is 2.59. The number of hydrogen-bond donors (Lipinski definition) is 1. The third kappa shape index (κ3) is 3.20. The first-order chi connectivity index (χ1) is 11.4. The summed E-state index contributed by atoms with van der Waals surface area (Å²) in [6, 6.07) is 14.7. The average Bonchev–Trinajstić information content (AvgIpc) is 3.30. The lowest BCUT2D eigenvalue weighted by Gasteiger charge is -2.07. The molecule has 0 aliphatic carbocycles. The van der Waals surface area contributed by atoms with Gasteiger partial charge >= 0.3 is 5.97 Å². The van der Waals surface area contributed by atoms with Gasteiger partial charge < -0.3 is 5.11 Å². The molecule has 0 saturated carbocycles. The predicted octanol–water partition coefficient (Wildman–Crippen LogP) is 2.45. The molecule has 1 aliphatic heterocycles. The molecule has 2 unspecified atom stereocenters. The van der Waals surface area contributed by atoms with Crippen LogP contribution in [0.3, 0.4) is 0 Å². The van der Waals surface area contributed by atoms with Gasteiger partial charge in [-0.2, -0.15) is 4.31 Å². The number of carboxylic acid groups (broad SMARTS) is 1. The molecule has 126 valence electrons. The lowest BCUT2D eigenvalue weighted by Crippen LogP contribution is -2.19. The van der Waals surface area contributed by atoms with Crippen molar-refractivity contribution in [1.29, 1.82) is 0 Å². The van der Waals surface area contributed by atoms with E-state index in [9.17, 15) is 18.3 Å². The van der Waals surface area contributed by atoms with Crippen LogP contribution in [0.2, 0.25) is 0 Å². The number of carbonyl (C=O) groups is 1. The first kappa shape index (κ1) is 16.7. The van der Waals surface area contributed by atoms with Crippen LogP contribution in [0, 0.1) is 6.92 Å². The molecule has 1 N–H and O–H groups in total. The Labute approximate surface area is 141 Å². The van der Waals surface area contributed by atoms with Crippen LogP contribution in [0.1, 0.15) is 17.5 Å². The molecule has 0 radical (unpaired) electrons. The Hall–Kier alpha value is -2.18. The van der Waals surface area contributed by atoms with Crippen molar-refractivity contribution in [2.75, 3.05) is 0 Å². The average molecular weight is 345 g/mol. The number of carboxylic acids is 1. The summed E-state index contributed by atoms with van der Waals surface area (Å²) < 4.78 is 26.5. The van der Waals surface area contributed by atoms with Gasteiger partial charge in [0.15, 0.2) is 0 Å². The maximum Gasteiger partial charge on any atom is 0.323 e. The Bertz CT molecular complexity index is 831. The monoisotopic (exact) mass is 345 g/mol. The number of hydrogen-bond acceptors (Lipinski definition) is 3. The van der Waals surface area contributed by atoms with E-state index >= 15 is 0 Å². The summed E-state index contributed by atoms with van der Waals surface area (Å²) in [5, 5.41) is 9.34. The maximum absolute atomic E-state index is 12.7. The number of nitrogens with zero attached hydrogens (tertiary/aromatic N) is 1. The van der Waals surface area contributed by atoms with E-state index in [1.807, 2.05) is 37.3 Å². The highest BCUT2D eigenvalue weighted by molar-refractivity contribution is 7.89. The van der Waals surface area contributed by atoms with Crippen LogP contribution in [-0.2, 0) is 21.2 Å². The highest BCUT2D eigenvalue weighted by Crippen LogP contribution is 2.38. The molecule has 1 aliphatic rings. The van der Waals surface area contributed by atoms with Crippen molar-refractivity contribution in [3.05, 3.63) is 65.7 Å². The maximum atomic E-state index is 12.7. The van der Waals surface area contributed by atoms with E-state index in [1.165, 1.54) is 12.1 Å². The molecule has 24 heavy (non-hydrogen) atoms. The topological polar surface area (TPSA) is 74.5 Å². The van der Waals surface area contributed by atoms with Crippen molar-refractivity contribution in [2.24, 2.45) is 0 Å². The summed E-state index contributed by atoms with van der Waals surface area (Å²) in [6.07, 6.45) is 1.14. The zero-order valence-electron chi connectivity index (χ0n) is 13.3. The van der Waals surface area contributed by atoms with E-state index < -0.39 is 28.1 Å². The minimum absolute atomic E-state index is 0.140. The fourth-order valence-corrected chi connectivity index (χ4v) is 4.71. The summed E-state index contributed by atoms with van der Waals surface area (Å²) >= 11 is 0. The van der Waals surface area contributed by atoms with Gasteiger partial charge in [-0.15, -0.1) is 0 Å². The van der Waals surface area contributed by atoms with Gasteiger partial charge in [-0.05, 0) is 37.5 Å². The molecule has 3 atom stereocenters. The van der Waals surface area contributed by atoms with E-state index in [0.29, 0.717) is 12.8 Å². The molecule has 2 aromatic carbocycles. The van der Waals surface area contributed by atoms with Crippen molar-refractivity contribution >= 4 is 16.0 Å². The van der Waals surface area contributed by atoms with Crippen LogP contribution < -0.4 is 0 Å². The van der Waals surface area contributed by atoms with Gasteiger partial charge in [0, 0.05) is 0 Å². The van der Waals surface area contributed by atoms with Crippen molar-refractivity contribution in [1.82, 2.24) is 4.31 Å². The molecule has 0 amide bonds. The molecule has 1 fully saturated rings. The largest absolute Gasteiger partial charge is 0.480 e. The summed E-state index contributed by atoms with van der Waals surface area (Å²) in [5.74, 6) is -1.09. The summed E-state index contributed by atoms with van der Waals surface area (Å²) in [4.78, 5) is 11.6. The lowest BCUT2D eigenvalue weighted by atomic mass is 10.1. The summed E-state index contributed by atoms with van der Waals surface area (Å²) in [7, 11) is -3.78. The van der Waals surface area contributed by atoms with Gasteiger partial charge in [0.25, 0.3) is 0 Å². The zero-order chi connectivity index (χ0) is 17.3. The Balaban J connectivity index is 1.78. The fourth-order valence-electron chi connectivity index (χ4n) is 2.93. The fraction of sp³-hybridized carbons (Fsp3) is 0.278. The Kier molecular flexibility index (Phi) is 4.43. The quantitative estimate of drug-likeness (QED) is 0.816. The zero-order valence-corrected chi connectivity index (χ0v) is 14.1. The SMILES string of the molecule is Cc1ccc(S(=O)(=O)N2C(CCc3ccccc3)[C@H]2C(=O)O)cc1. The van der Waals surface area contributed by atoms with E-state index in [4.69, 9.17) is 0 Å². The van der Waals surface area contributed by atoms with Crippen LogP contribution in [0.4, 0.5) is 0 Å². The summed E-state index contributed by atoms with van der Waals surface area (Å²) in [6.45, 7) is 1.87. The van der Waals surface area contributed by atoms with E-state index in [1.54, 1.807) is 12.1 Å². The van der Waals surface area contributed by atoms with Crippen molar-refractivity contribution in [2.45, 2.75) is 36.7 Å². The molecule has 5 nitrogen and oxygen atoms in total. The Morgan fingerprint density at radius 2 is 1.71 bits per heavy atom. The van der Waals surface area contributed by atoms with Gasteiger partial charge in [0.1, 0.15) is 6.04 Å². The van der Waals surface area contributed by atoms with E-state index in [-0.39, 0.29) is 4.90 Å². The third-order valence-electron chi connectivity index (χ3n) is 4.30. The van der Waals surface area contributed by atoms with Gasteiger partial charge in [-0.1, -0.05) is 48.0 Å². The van der Waals surface area contributed by atoms with Gasteiger partial charge in [-0.3, -0.25) is 4.79 Å². The van der Waals surface area contributed by atoms with Crippen molar-refractivity contribution in [3.8, 4) is 0 Å². The number of aryl methyl sites for hydroxylation is 2. The number of benzene rings is 2. The van der Waals surface area contributed by atoms with Crippen molar-refractivity contribution in [3.63, 3.8) is 0 Å². The molecule has 3 rings (SSSR count). The first-order valence-corrected chi connectivity index (χ1v) is 9.22. The van der Waals surface area contributed by atoms with Gasteiger partial charge in [-0.25, -0.2) is 8.42 Å². The van der Waals surface area contributed by atoms with Crippen molar-refractivity contribution < 1.29 is 18.3 Å². The molecule has 0 bridgehead atoms. The molecular formula is C18H19NO4S. The Morgan fingerprint density at radius 1 is 1.08 bits per heavy atom. The molecular weight excluding hydrogens is 326 g/mol. The second kappa shape index (κ2) is 6.37. The number of aliphatic carboxylic acids is 1. The minimum Gasteiger partial charge on any atom is -0.480 e. The third-order valence-corrected chi connectivity index (χ3v) is 6.22. The van der Waals surface area contributed by atoms with E-state index in [0.717, 1.165) is 15.4 Å². The molecule has 1 saturated heterocycles. The van der Waals surface area contributed by atoms with Crippen LogP contribution in [-0.4, -0.2) is 35.9 Å². The summed E-state index contributed by atoms with van der Waals surface area (Å²) in [5.41, 5.74) is 2.02. The Morgan fingerprint density at radius 3 is 2.29 bits per heavy atom. The van der Waals surface area contributed by atoms with Crippen LogP contribution >= 0.6 is 0 Å². The first-order valence-electron chi connectivity index (χ1n) is 7.78. The van der Waals surface area contributed by atoms with Crippen LogP contribution in [0.5, 0.6) is 0 Å². The normalized spacial score (nSPS) is 23.0. The van der Waals surface area contributed by atoms with Gasteiger partial charge in [0.05, 0.1) is 10.9 Å².